The van der Waals surface area contributed by atoms with E-state index in [0.29, 0.717) is 17.8 Å². The van der Waals surface area contributed by atoms with Crippen molar-refractivity contribution in [2.75, 3.05) is 11.4 Å². The molecule has 0 aliphatic heterocycles. The summed E-state index contributed by atoms with van der Waals surface area (Å²) in [5, 5.41) is 0. The molecule has 0 amide bonds. The molecule has 4 heteroatoms. The highest BCUT2D eigenvalue weighted by Gasteiger charge is 2.24. The van der Waals surface area contributed by atoms with Gasteiger partial charge in [-0.3, -0.25) is 0 Å². The third kappa shape index (κ3) is 4.07. The molecule has 0 spiro atoms. The van der Waals surface area contributed by atoms with E-state index in [1.54, 1.807) is 0 Å². The van der Waals surface area contributed by atoms with Crippen LogP contribution in [0.15, 0.2) is 12.4 Å². The van der Waals surface area contributed by atoms with Gasteiger partial charge in [0.15, 0.2) is 0 Å². The molecule has 0 unspecified atom stereocenters. The number of nitrogens with zero attached hydrogens (tertiary/aromatic N) is 3. The number of hydrogen-bond donors (Lipinski definition) is 0. The highest BCUT2D eigenvalue weighted by atomic mass is 35.5. The maximum Gasteiger partial charge on any atom is 0.225 e. The Bertz CT molecular complexity index is 371. The standard InChI is InChI=1S/C15H24ClN3/c1-12(2)7-8-19(14-5-3-4-6-14)15-17-10-13(9-16)11-18-15/h10-12,14H,3-9H2,1-2H3. The summed E-state index contributed by atoms with van der Waals surface area (Å²) in [4.78, 5) is 11.4. The Labute approximate surface area is 121 Å². The van der Waals surface area contributed by atoms with Crippen molar-refractivity contribution in [3.05, 3.63) is 18.0 Å². The molecule has 0 atom stereocenters. The summed E-state index contributed by atoms with van der Waals surface area (Å²) in [5.41, 5.74) is 0.987. The Morgan fingerprint density at radius 3 is 2.42 bits per heavy atom. The molecular formula is C15H24ClN3. The average molecular weight is 282 g/mol. The predicted molar refractivity (Wildman–Crippen MR) is 80.6 cm³/mol. The lowest BCUT2D eigenvalue weighted by Crippen LogP contribution is -2.36. The quantitative estimate of drug-likeness (QED) is 0.738. The van der Waals surface area contributed by atoms with Gasteiger partial charge in [0.05, 0.1) is 5.88 Å². The van der Waals surface area contributed by atoms with Gasteiger partial charge in [-0.05, 0) is 25.2 Å². The van der Waals surface area contributed by atoms with Crippen LogP contribution in [0.25, 0.3) is 0 Å². The van der Waals surface area contributed by atoms with Gasteiger partial charge in [0.1, 0.15) is 0 Å². The average Bonchev–Trinajstić information content (AvgIpc) is 2.93. The van der Waals surface area contributed by atoms with Crippen molar-refractivity contribution in [2.45, 2.75) is 57.9 Å². The molecule has 1 aromatic heterocycles. The first-order chi connectivity index (χ1) is 9.20. The van der Waals surface area contributed by atoms with Gasteiger partial charge < -0.3 is 4.90 Å². The highest BCUT2D eigenvalue weighted by Crippen LogP contribution is 2.26. The van der Waals surface area contributed by atoms with Crippen LogP contribution in [0, 0.1) is 5.92 Å². The van der Waals surface area contributed by atoms with Gasteiger partial charge in [0, 0.05) is 30.5 Å². The van der Waals surface area contributed by atoms with Crippen molar-refractivity contribution in [3.63, 3.8) is 0 Å². The molecule has 0 aromatic carbocycles. The van der Waals surface area contributed by atoms with E-state index in [9.17, 15) is 0 Å². The number of anilines is 1. The maximum absolute atomic E-state index is 5.80. The van der Waals surface area contributed by atoms with E-state index in [2.05, 4.69) is 28.7 Å². The minimum absolute atomic E-state index is 0.482. The molecule has 0 radical (unpaired) electrons. The number of aromatic nitrogens is 2. The molecule has 1 aliphatic rings. The number of halogens is 1. The zero-order chi connectivity index (χ0) is 13.7. The fraction of sp³-hybridized carbons (Fsp3) is 0.733. The van der Waals surface area contributed by atoms with Crippen molar-refractivity contribution >= 4 is 17.5 Å². The van der Waals surface area contributed by atoms with Crippen LogP contribution in [-0.4, -0.2) is 22.6 Å². The van der Waals surface area contributed by atoms with Gasteiger partial charge in [0.25, 0.3) is 0 Å². The molecule has 0 saturated heterocycles. The van der Waals surface area contributed by atoms with Gasteiger partial charge in [-0.1, -0.05) is 26.7 Å². The maximum atomic E-state index is 5.80. The van der Waals surface area contributed by atoms with Crippen LogP contribution in [-0.2, 0) is 5.88 Å². The predicted octanol–water partition coefficient (Wildman–Crippen LogP) is 4.01. The van der Waals surface area contributed by atoms with Crippen LogP contribution >= 0.6 is 11.6 Å². The summed E-state index contributed by atoms with van der Waals surface area (Å²) in [6, 6.07) is 0.626. The second kappa shape index (κ2) is 7.09. The first-order valence-electron chi connectivity index (χ1n) is 7.34. The Balaban J connectivity index is 2.09. The summed E-state index contributed by atoms with van der Waals surface area (Å²) in [6.45, 7) is 5.59. The van der Waals surface area contributed by atoms with Gasteiger partial charge in [-0.2, -0.15) is 0 Å². The lowest BCUT2D eigenvalue weighted by Gasteiger charge is -2.29. The van der Waals surface area contributed by atoms with Crippen LogP contribution in [0.5, 0.6) is 0 Å². The number of hydrogen-bond acceptors (Lipinski definition) is 3. The van der Waals surface area contributed by atoms with E-state index in [0.717, 1.165) is 18.1 Å². The van der Waals surface area contributed by atoms with E-state index < -0.39 is 0 Å². The number of rotatable bonds is 6. The Morgan fingerprint density at radius 2 is 1.89 bits per heavy atom. The van der Waals surface area contributed by atoms with Gasteiger partial charge in [0.2, 0.25) is 5.95 Å². The molecule has 0 bridgehead atoms. The molecule has 3 nitrogen and oxygen atoms in total. The van der Waals surface area contributed by atoms with Crippen LogP contribution < -0.4 is 4.90 Å². The van der Waals surface area contributed by atoms with E-state index in [1.165, 1.54) is 32.1 Å². The van der Waals surface area contributed by atoms with E-state index >= 15 is 0 Å². The zero-order valence-corrected chi connectivity index (χ0v) is 12.7. The van der Waals surface area contributed by atoms with E-state index in [-0.39, 0.29) is 0 Å². The third-order valence-corrected chi connectivity index (χ3v) is 4.12. The third-order valence-electron chi connectivity index (χ3n) is 3.82. The zero-order valence-electron chi connectivity index (χ0n) is 12.0. The first-order valence-corrected chi connectivity index (χ1v) is 7.87. The number of alkyl halides is 1. The molecule has 1 aliphatic carbocycles. The summed E-state index contributed by atoms with van der Waals surface area (Å²) in [5.74, 6) is 2.07. The molecule has 0 N–H and O–H groups in total. The fourth-order valence-corrected chi connectivity index (χ4v) is 2.76. The molecule has 1 fully saturated rings. The normalized spacial score (nSPS) is 16.2. The molecule has 106 valence electrons. The van der Waals surface area contributed by atoms with Crippen molar-refractivity contribution in [1.29, 1.82) is 0 Å². The summed E-state index contributed by atoms with van der Waals surface area (Å²) in [7, 11) is 0. The summed E-state index contributed by atoms with van der Waals surface area (Å²) < 4.78 is 0. The van der Waals surface area contributed by atoms with Gasteiger partial charge >= 0.3 is 0 Å². The Hall–Kier alpha value is -0.830. The second-order valence-electron chi connectivity index (χ2n) is 5.84. The molecular weight excluding hydrogens is 258 g/mol. The van der Waals surface area contributed by atoms with Crippen molar-refractivity contribution in [1.82, 2.24) is 9.97 Å². The summed E-state index contributed by atoms with van der Waals surface area (Å²) >= 11 is 5.80. The Morgan fingerprint density at radius 1 is 1.26 bits per heavy atom. The van der Waals surface area contributed by atoms with Crippen molar-refractivity contribution in [2.24, 2.45) is 5.92 Å². The van der Waals surface area contributed by atoms with Crippen LogP contribution in [0.3, 0.4) is 0 Å². The van der Waals surface area contributed by atoms with Crippen molar-refractivity contribution in [3.8, 4) is 0 Å². The van der Waals surface area contributed by atoms with Gasteiger partial charge in [-0.15, -0.1) is 11.6 Å². The van der Waals surface area contributed by atoms with Crippen LogP contribution in [0.1, 0.15) is 51.5 Å². The summed E-state index contributed by atoms with van der Waals surface area (Å²) in [6.07, 6.45) is 10.1. The second-order valence-corrected chi connectivity index (χ2v) is 6.11. The topological polar surface area (TPSA) is 29.0 Å². The minimum Gasteiger partial charge on any atom is -0.338 e. The fourth-order valence-electron chi connectivity index (χ4n) is 2.62. The molecule has 1 saturated carbocycles. The lowest BCUT2D eigenvalue weighted by atomic mass is 10.1. The smallest absolute Gasteiger partial charge is 0.225 e. The van der Waals surface area contributed by atoms with E-state index in [1.807, 2.05) is 12.4 Å². The largest absolute Gasteiger partial charge is 0.338 e. The molecule has 19 heavy (non-hydrogen) atoms. The van der Waals surface area contributed by atoms with Crippen molar-refractivity contribution < 1.29 is 0 Å². The highest BCUT2D eigenvalue weighted by molar-refractivity contribution is 6.17. The lowest BCUT2D eigenvalue weighted by molar-refractivity contribution is 0.521. The van der Waals surface area contributed by atoms with Crippen LogP contribution in [0.4, 0.5) is 5.95 Å². The van der Waals surface area contributed by atoms with Crippen LogP contribution in [0.2, 0.25) is 0 Å². The van der Waals surface area contributed by atoms with Gasteiger partial charge in [-0.25, -0.2) is 9.97 Å². The monoisotopic (exact) mass is 281 g/mol. The first kappa shape index (κ1) is 14.6. The molecule has 2 rings (SSSR count). The minimum atomic E-state index is 0.482. The SMILES string of the molecule is CC(C)CCN(c1ncc(CCl)cn1)C1CCCC1. The van der Waals surface area contributed by atoms with E-state index in [4.69, 9.17) is 11.6 Å². The molecule has 1 aromatic rings. The Kier molecular flexibility index (Phi) is 5.44. The molecule has 1 heterocycles.